The molecule has 5 aromatic carbocycles. The fourth-order valence-electron chi connectivity index (χ4n) is 12.1. The fraction of sp³-hybridized carbons (Fsp3) is 0.315. The van der Waals surface area contributed by atoms with Crippen molar-refractivity contribution in [3.05, 3.63) is 180 Å². The zero-order valence-electron chi connectivity index (χ0n) is 59.7. The molecule has 2 aromatic heterocycles. The number of rotatable bonds is 24. The Morgan fingerprint density at radius 2 is 1.11 bits per heavy atom. The van der Waals surface area contributed by atoms with Crippen LogP contribution in [0.4, 0.5) is 5.69 Å². The third-order valence-electron chi connectivity index (χ3n) is 17.9. The van der Waals surface area contributed by atoms with Crippen molar-refractivity contribution in [2.45, 2.75) is 138 Å². The van der Waals surface area contributed by atoms with E-state index in [1.165, 1.54) is 61.9 Å². The predicted octanol–water partition coefficient (Wildman–Crippen LogP) is -4.21. The summed E-state index contributed by atoms with van der Waals surface area (Å²) in [6.45, 7) is 1.08. The van der Waals surface area contributed by atoms with E-state index in [1.54, 1.807) is 91.1 Å². The van der Waals surface area contributed by atoms with Gasteiger partial charge in [-0.15, -0.1) is 0 Å². The van der Waals surface area contributed by atoms with Crippen molar-refractivity contribution in [1.82, 2.24) is 84.5 Å². The lowest BCUT2D eigenvalue weighted by Crippen LogP contribution is -2.65. The van der Waals surface area contributed by atoms with E-state index in [9.17, 15) is 58.5 Å². The summed E-state index contributed by atoms with van der Waals surface area (Å²) in [5.41, 5.74) is 30.0. The average Bonchev–Trinajstić information content (AvgIpc) is 1.80. The number of aromatic amines is 2. The van der Waals surface area contributed by atoms with Gasteiger partial charge in [0.15, 0.2) is 12.1 Å². The highest BCUT2D eigenvalue weighted by Gasteiger charge is 2.39. The summed E-state index contributed by atoms with van der Waals surface area (Å²) in [5, 5.41) is 56.0. The van der Waals surface area contributed by atoms with Crippen LogP contribution in [0, 0.1) is 0 Å². The summed E-state index contributed by atoms with van der Waals surface area (Å²) in [6, 6.07) is 15.5. The molecule has 38 heteroatoms. The van der Waals surface area contributed by atoms with Crippen molar-refractivity contribution < 1.29 is 82.4 Å². The molecule has 0 radical (unpaired) electrons. The van der Waals surface area contributed by atoms with E-state index in [-0.39, 0.29) is 73.1 Å². The average molecular weight is 1530 g/mol. The minimum Gasteiger partial charge on any atom is -0.508 e. The summed E-state index contributed by atoms with van der Waals surface area (Å²) < 4.78 is 0. The number of aliphatic carboxylic acids is 1. The van der Waals surface area contributed by atoms with Crippen LogP contribution in [-0.4, -0.2) is 192 Å². The summed E-state index contributed by atoms with van der Waals surface area (Å²) in [7, 11) is 0. The maximum Gasteiger partial charge on any atom is 0.373 e. The molecule has 0 aliphatic carbocycles. The van der Waals surface area contributed by atoms with Crippen LogP contribution in [0.3, 0.4) is 0 Å². The molecule has 2 aliphatic rings. The van der Waals surface area contributed by atoms with Crippen LogP contribution in [0.25, 0.3) is 10.9 Å². The standard InChI is InChI=1S/C73H85N21O17/c1-37-62(100)84-52(27-39-13-6-3-7-14-39)68(106)90-61(71(109)94-91-50(60(99)72(110)111)25-40-18-21-44(95)22-19-40)89-59(98)33-57(93-92-56-28-41-20-23-45(96)31-49(41)83-69(56)107)70(108)87-54(30-43-35-77-36-80-43)67(105)85-51(26-38-11-4-2-5-12-38)65(103)82-48(17-10-24-78-73(75)76)63(101)86-53(29-42-34-79-47-16-9-8-15-46(42)47)66(104)88-55(32-58(74)97)64(102)81-37/h2-9,11-16,18-23,31,34-37,48,50-57,61,79,91-93,95-96H,10,17,24-30,32-33H2,1H3,(H2,74,97)(H,77,80)(H,81,102)(H,82,103)(H,83,107)(H,84,100)(H,85,105)(H,86,101)(H,87,108)(H,88,104)(H,89,98)(H,90,106)(H,94,109)(H,110,111)(H4,75,76,78)/t37-,48-,50-,51-,52-,53-,54-,55-,56-,57-,61-/m0/s1. The third-order valence-corrected chi connectivity index (χ3v) is 17.9. The van der Waals surface area contributed by atoms with Crippen molar-refractivity contribution >= 4 is 105 Å². The lowest BCUT2D eigenvalue weighted by atomic mass is 9.99. The number of H-pyrrole nitrogens is 2. The van der Waals surface area contributed by atoms with Gasteiger partial charge >= 0.3 is 5.97 Å². The summed E-state index contributed by atoms with van der Waals surface area (Å²) in [4.78, 5) is 216. The summed E-state index contributed by atoms with van der Waals surface area (Å²) in [5.74, 6) is -17.6. The van der Waals surface area contributed by atoms with Crippen LogP contribution in [-0.2, 0) is 106 Å². The number of imidazole rings is 1. The molecule has 584 valence electrons. The molecule has 2 aliphatic heterocycles. The maximum atomic E-state index is 15.3. The highest BCUT2D eigenvalue weighted by Crippen LogP contribution is 2.27. The van der Waals surface area contributed by atoms with E-state index in [0.717, 1.165) is 0 Å². The second kappa shape index (κ2) is 38.8. The zero-order chi connectivity index (χ0) is 79.8. The normalized spacial score (nSPS) is 21.7. The molecule has 111 heavy (non-hydrogen) atoms. The largest absolute Gasteiger partial charge is 0.508 e. The highest BCUT2D eigenvalue weighted by molar-refractivity contribution is 6.35. The maximum absolute atomic E-state index is 15.3. The fourth-order valence-corrected chi connectivity index (χ4v) is 12.1. The molecule has 0 spiro atoms. The Morgan fingerprint density at radius 1 is 0.559 bits per heavy atom. The molecular formula is C73H85N21O17. The Morgan fingerprint density at radius 3 is 1.73 bits per heavy atom. The predicted molar refractivity (Wildman–Crippen MR) is 396 cm³/mol. The number of para-hydroxylation sites is 1. The lowest BCUT2D eigenvalue weighted by Gasteiger charge is -2.30. The third kappa shape index (κ3) is 23.9. The number of carbonyl (C=O) groups is 14. The Hall–Kier alpha value is -13.6. The van der Waals surface area contributed by atoms with Crippen molar-refractivity contribution in [3.63, 3.8) is 0 Å². The molecule has 12 amide bonds. The van der Waals surface area contributed by atoms with Crippen LogP contribution < -0.4 is 92.1 Å². The van der Waals surface area contributed by atoms with Crippen molar-refractivity contribution in [3.8, 4) is 11.5 Å². The number of aromatic nitrogens is 3. The molecule has 25 N–H and O–H groups in total. The first-order valence-corrected chi connectivity index (χ1v) is 35.0. The quantitative estimate of drug-likeness (QED) is 0.00896. The van der Waals surface area contributed by atoms with Gasteiger partial charge in [0, 0.05) is 73.7 Å². The number of carboxylic acids is 1. The van der Waals surface area contributed by atoms with Crippen molar-refractivity contribution in [2.75, 3.05) is 11.9 Å². The number of nitrogens with two attached hydrogens (primary N) is 3. The van der Waals surface area contributed by atoms with Gasteiger partial charge in [-0.2, -0.15) is 0 Å². The summed E-state index contributed by atoms with van der Waals surface area (Å²) >= 11 is 0. The number of benzene rings is 5. The SMILES string of the molecule is C[C@@H]1NC(=O)[C@H](CC(N)=O)NC(=O)[C@H](Cc2c[nH]c3ccccc23)NC(=O)[C@H](CCCN=C(N)N)NC(=O)[C@H](Cc2ccccc2)NC(=O)[C@H](Cc2c[nH]cn2)NC(=O)[C@@H](NN[C@H]2Cc3ccc(O)cc3NC2=O)CC(=O)N[C@H](C(=O)NN[C@@H](Cc2ccc(O)cc2)C(=O)C(=O)O)NC(=O)[C@H](Cc2ccccc2)NC1=O. The van der Waals surface area contributed by atoms with E-state index in [0.29, 0.717) is 33.2 Å². The number of hydrogen-bond donors (Lipinski definition) is 22. The van der Waals surface area contributed by atoms with Gasteiger partial charge in [0.05, 0.1) is 24.9 Å². The Labute approximate surface area is 632 Å². The van der Waals surface area contributed by atoms with Gasteiger partial charge in [-0.1, -0.05) is 97.1 Å². The minimum absolute atomic E-state index is 0.00393. The first-order valence-electron chi connectivity index (χ1n) is 35.0. The monoisotopic (exact) mass is 1530 g/mol. The van der Waals surface area contributed by atoms with E-state index in [2.05, 4.69) is 94.8 Å². The molecule has 0 saturated carbocycles. The Balaban J connectivity index is 1.14. The molecule has 0 bridgehead atoms. The van der Waals surface area contributed by atoms with Gasteiger partial charge in [-0.05, 0) is 78.3 Å². The van der Waals surface area contributed by atoms with Gasteiger partial charge in [-0.25, -0.2) is 26.1 Å². The van der Waals surface area contributed by atoms with E-state index >= 15 is 24.0 Å². The van der Waals surface area contributed by atoms with E-state index < -0.39 is 181 Å². The van der Waals surface area contributed by atoms with Crippen LogP contribution in [0.5, 0.6) is 11.5 Å². The topological polar surface area (TPSA) is 603 Å². The van der Waals surface area contributed by atoms with E-state index in [4.69, 9.17) is 17.2 Å². The van der Waals surface area contributed by atoms with Crippen LogP contribution in [0.2, 0.25) is 0 Å². The van der Waals surface area contributed by atoms with Crippen LogP contribution in [0.1, 0.15) is 66.1 Å². The van der Waals surface area contributed by atoms with E-state index in [1.807, 2.05) is 0 Å². The molecule has 9 rings (SSSR count). The number of phenols is 2. The first-order chi connectivity index (χ1) is 53.1. The van der Waals surface area contributed by atoms with Crippen LogP contribution >= 0.6 is 0 Å². The zero-order valence-corrected chi connectivity index (χ0v) is 59.7. The molecule has 38 nitrogen and oxygen atoms in total. The van der Waals surface area contributed by atoms with Crippen molar-refractivity contribution in [2.24, 2.45) is 22.2 Å². The number of carboxylic acid groups (broad SMARTS) is 1. The number of hydrazine groups is 2. The molecule has 1 saturated heterocycles. The van der Waals surface area contributed by atoms with Gasteiger partial charge < -0.3 is 95.7 Å². The number of nitrogens with one attached hydrogen (secondary N) is 16. The minimum atomic E-state index is -2.34. The number of aromatic hydroxyl groups is 2. The Bertz CT molecular complexity index is 4580. The second-order valence-corrected chi connectivity index (χ2v) is 26.3. The Kier molecular flexibility index (Phi) is 28.5. The smallest absolute Gasteiger partial charge is 0.373 e. The number of aliphatic imine (C=N–C) groups is 1. The number of anilines is 1. The molecule has 0 unspecified atom stereocenters. The number of hydrogen-bond acceptors (Lipinski definition) is 21. The number of primary amides is 1. The summed E-state index contributed by atoms with van der Waals surface area (Å²) in [6.07, 6.45) is -2.34. The van der Waals surface area contributed by atoms with Crippen LogP contribution in [0.15, 0.2) is 151 Å². The molecular weight excluding hydrogens is 1440 g/mol. The van der Waals surface area contributed by atoms with Gasteiger partial charge in [0.1, 0.15) is 71.9 Å². The van der Waals surface area contributed by atoms with Gasteiger partial charge in [0.25, 0.3) is 11.7 Å². The number of phenolic OH excluding ortho intramolecular Hbond substituents is 2. The van der Waals surface area contributed by atoms with Gasteiger partial charge in [0.2, 0.25) is 65.0 Å². The number of fused-ring (bicyclic) bond motifs is 2. The van der Waals surface area contributed by atoms with Crippen molar-refractivity contribution in [1.29, 1.82) is 0 Å². The number of Topliss-reactive ketones (excluding diaryl/α,β-unsaturated/α-hetero) is 1. The lowest BCUT2D eigenvalue weighted by molar-refractivity contribution is -0.150. The molecule has 7 aromatic rings. The number of ketones is 1. The number of amides is 12. The molecule has 11 atom stereocenters. The highest BCUT2D eigenvalue weighted by atomic mass is 16.4. The number of nitrogens with zero attached hydrogens (tertiary/aromatic N) is 2. The number of guanidine groups is 1. The second-order valence-electron chi connectivity index (χ2n) is 26.3. The molecule has 1 fully saturated rings. The number of carbonyl (C=O) groups excluding carboxylic acids is 13. The molecule has 4 heterocycles. The van der Waals surface area contributed by atoms with Gasteiger partial charge in [-0.3, -0.25) is 72.7 Å². The first kappa shape index (κ1) is 81.5.